The largest absolute Gasteiger partial charge is 0.325 e. The van der Waals surface area contributed by atoms with Gasteiger partial charge >= 0.3 is 0 Å². The number of benzene rings is 1. The van der Waals surface area contributed by atoms with E-state index in [4.69, 9.17) is 5.73 Å². The summed E-state index contributed by atoms with van der Waals surface area (Å²) in [7, 11) is 0. The topological polar surface area (TPSA) is 55.1 Å². The van der Waals surface area contributed by atoms with E-state index in [0.717, 1.165) is 11.3 Å². The van der Waals surface area contributed by atoms with E-state index in [1.54, 1.807) is 0 Å². The maximum atomic E-state index is 11.4. The van der Waals surface area contributed by atoms with Crippen LogP contribution < -0.4 is 11.1 Å². The molecule has 3 heteroatoms. The van der Waals surface area contributed by atoms with Crippen molar-refractivity contribution in [2.45, 2.75) is 40.2 Å². The van der Waals surface area contributed by atoms with E-state index in [-0.39, 0.29) is 5.91 Å². The van der Waals surface area contributed by atoms with Crippen LogP contribution in [-0.2, 0) is 4.79 Å². The van der Waals surface area contributed by atoms with E-state index in [0.29, 0.717) is 6.42 Å². The van der Waals surface area contributed by atoms with E-state index in [2.05, 4.69) is 5.32 Å². The van der Waals surface area contributed by atoms with Crippen LogP contribution >= 0.6 is 0 Å². The molecule has 0 radical (unpaired) electrons. The molecule has 0 aromatic heterocycles. The molecule has 0 fully saturated rings. The number of amides is 1. The summed E-state index contributed by atoms with van der Waals surface area (Å²) in [5, 5.41) is 2.77. The third-order valence-electron chi connectivity index (χ3n) is 2.06. The summed E-state index contributed by atoms with van der Waals surface area (Å²) in [6.45, 7) is 7.87. The summed E-state index contributed by atoms with van der Waals surface area (Å²) < 4.78 is 0. The fraction of sp³-hybridized carbons (Fsp3) is 0.462. The van der Waals surface area contributed by atoms with Crippen LogP contribution in [-0.4, -0.2) is 11.9 Å². The van der Waals surface area contributed by atoms with Gasteiger partial charge in [-0.15, -0.1) is 0 Å². The highest BCUT2D eigenvalue weighted by atomic mass is 16.2. The fourth-order valence-corrected chi connectivity index (χ4v) is 1.14. The number of carbonyl (C=O) groups excluding carboxylic acids is 1. The van der Waals surface area contributed by atoms with E-state index in [1.807, 2.05) is 52.0 Å². The molecule has 1 atom stereocenters. The highest BCUT2D eigenvalue weighted by Crippen LogP contribution is 2.09. The second-order valence-corrected chi connectivity index (χ2v) is 3.37. The lowest BCUT2D eigenvalue weighted by Crippen LogP contribution is -2.34. The molecule has 0 saturated carbocycles. The highest BCUT2D eigenvalue weighted by Gasteiger charge is 2.10. The molecule has 0 bridgehead atoms. The second kappa shape index (κ2) is 7.88. The molecule has 1 amide bonds. The van der Waals surface area contributed by atoms with Gasteiger partial charge in [0.1, 0.15) is 0 Å². The summed E-state index contributed by atoms with van der Waals surface area (Å²) in [6.07, 6.45) is 0.650. The normalized spacial score (nSPS) is 11.1. The Morgan fingerprint density at radius 1 is 1.44 bits per heavy atom. The molecule has 0 heterocycles. The minimum atomic E-state index is -0.421. The number of rotatable bonds is 3. The van der Waals surface area contributed by atoms with Crippen molar-refractivity contribution in [2.24, 2.45) is 5.73 Å². The molecule has 16 heavy (non-hydrogen) atoms. The molecular formula is C13H22N2O. The maximum absolute atomic E-state index is 11.4. The molecule has 0 saturated heterocycles. The standard InChI is InChI=1S/C11H16N2O.C2H6/c1-3-10(12)11(14)13-9-6-4-5-8(2)7-9;1-2/h4-7,10H,3,12H2,1-2H3,(H,13,14);1-2H3. The van der Waals surface area contributed by atoms with Crippen molar-refractivity contribution in [3.8, 4) is 0 Å². The summed E-state index contributed by atoms with van der Waals surface area (Å²) in [6, 6.07) is 7.24. The number of hydrogen-bond donors (Lipinski definition) is 2. The summed E-state index contributed by atoms with van der Waals surface area (Å²) in [5.41, 5.74) is 7.51. The highest BCUT2D eigenvalue weighted by molar-refractivity contribution is 5.94. The molecule has 1 unspecified atom stereocenters. The van der Waals surface area contributed by atoms with Crippen LogP contribution in [0.15, 0.2) is 24.3 Å². The first kappa shape index (κ1) is 14.6. The van der Waals surface area contributed by atoms with Crippen LogP contribution in [0.25, 0.3) is 0 Å². The molecule has 0 spiro atoms. The van der Waals surface area contributed by atoms with Crippen molar-refractivity contribution in [1.82, 2.24) is 0 Å². The van der Waals surface area contributed by atoms with Crippen molar-refractivity contribution in [3.05, 3.63) is 29.8 Å². The SMILES string of the molecule is CC.CCC(N)C(=O)Nc1cccc(C)c1. The van der Waals surface area contributed by atoms with Crippen LogP contribution in [0.1, 0.15) is 32.8 Å². The molecule has 1 aromatic carbocycles. The van der Waals surface area contributed by atoms with Gasteiger partial charge in [-0.1, -0.05) is 32.9 Å². The molecule has 0 aliphatic carbocycles. The lowest BCUT2D eigenvalue weighted by molar-refractivity contribution is -0.117. The second-order valence-electron chi connectivity index (χ2n) is 3.37. The Kier molecular flexibility index (Phi) is 7.21. The van der Waals surface area contributed by atoms with E-state index >= 15 is 0 Å². The Labute approximate surface area is 98.0 Å². The first-order valence-corrected chi connectivity index (χ1v) is 5.76. The Morgan fingerprint density at radius 3 is 2.56 bits per heavy atom. The van der Waals surface area contributed by atoms with Gasteiger partial charge in [0.05, 0.1) is 6.04 Å². The number of nitrogens with one attached hydrogen (secondary N) is 1. The average Bonchev–Trinajstić information content (AvgIpc) is 2.30. The summed E-state index contributed by atoms with van der Waals surface area (Å²) in [5.74, 6) is -0.127. The van der Waals surface area contributed by atoms with Gasteiger partial charge < -0.3 is 11.1 Å². The van der Waals surface area contributed by atoms with Gasteiger partial charge in [0, 0.05) is 5.69 Å². The lowest BCUT2D eigenvalue weighted by atomic mass is 10.2. The summed E-state index contributed by atoms with van der Waals surface area (Å²) in [4.78, 5) is 11.4. The number of hydrogen-bond acceptors (Lipinski definition) is 2. The lowest BCUT2D eigenvalue weighted by Gasteiger charge is -2.10. The molecular weight excluding hydrogens is 200 g/mol. The van der Waals surface area contributed by atoms with Crippen molar-refractivity contribution < 1.29 is 4.79 Å². The fourth-order valence-electron chi connectivity index (χ4n) is 1.14. The summed E-state index contributed by atoms with van der Waals surface area (Å²) >= 11 is 0. The zero-order valence-electron chi connectivity index (χ0n) is 10.6. The van der Waals surface area contributed by atoms with Crippen LogP contribution in [0.5, 0.6) is 0 Å². The first-order chi connectivity index (χ1) is 7.63. The van der Waals surface area contributed by atoms with Crippen LogP contribution in [0, 0.1) is 6.92 Å². The van der Waals surface area contributed by atoms with E-state index in [9.17, 15) is 4.79 Å². The Bertz CT molecular complexity index is 323. The maximum Gasteiger partial charge on any atom is 0.241 e. The van der Waals surface area contributed by atoms with E-state index in [1.165, 1.54) is 0 Å². The van der Waals surface area contributed by atoms with Gasteiger partial charge in [-0.3, -0.25) is 4.79 Å². The van der Waals surface area contributed by atoms with Crippen molar-refractivity contribution in [2.75, 3.05) is 5.32 Å². The van der Waals surface area contributed by atoms with Gasteiger partial charge in [0.15, 0.2) is 0 Å². The van der Waals surface area contributed by atoms with Gasteiger partial charge in [0.2, 0.25) is 5.91 Å². The molecule has 0 aliphatic rings. The Morgan fingerprint density at radius 2 is 2.06 bits per heavy atom. The van der Waals surface area contributed by atoms with Crippen LogP contribution in [0.3, 0.4) is 0 Å². The number of nitrogens with two attached hydrogens (primary N) is 1. The molecule has 0 aliphatic heterocycles. The molecule has 1 aromatic rings. The zero-order chi connectivity index (χ0) is 12.6. The molecule has 3 N–H and O–H groups in total. The number of aryl methyl sites for hydroxylation is 1. The average molecular weight is 222 g/mol. The molecule has 1 rings (SSSR count). The molecule has 3 nitrogen and oxygen atoms in total. The van der Waals surface area contributed by atoms with Crippen molar-refractivity contribution in [3.63, 3.8) is 0 Å². The monoisotopic (exact) mass is 222 g/mol. The smallest absolute Gasteiger partial charge is 0.241 e. The third-order valence-corrected chi connectivity index (χ3v) is 2.06. The zero-order valence-corrected chi connectivity index (χ0v) is 10.6. The minimum Gasteiger partial charge on any atom is -0.325 e. The van der Waals surface area contributed by atoms with Crippen LogP contribution in [0.4, 0.5) is 5.69 Å². The first-order valence-electron chi connectivity index (χ1n) is 5.76. The number of anilines is 1. The predicted octanol–water partition coefficient (Wildman–Crippen LogP) is 2.70. The Hall–Kier alpha value is -1.35. The van der Waals surface area contributed by atoms with Crippen molar-refractivity contribution in [1.29, 1.82) is 0 Å². The Balaban J connectivity index is 0.00000106. The number of carbonyl (C=O) groups is 1. The predicted molar refractivity (Wildman–Crippen MR) is 69.4 cm³/mol. The van der Waals surface area contributed by atoms with Crippen LogP contribution in [0.2, 0.25) is 0 Å². The van der Waals surface area contributed by atoms with Crippen molar-refractivity contribution >= 4 is 11.6 Å². The van der Waals surface area contributed by atoms with Gasteiger partial charge in [-0.25, -0.2) is 0 Å². The minimum absolute atomic E-state index is 0.127. The van der Waals surface area contributed by atoms with Gasteiger partial charge in [-0.2, -0.15) is 0 Å². The third kappa shape index (κ3) is 4.94. The quantitative estimate of drug-likeness (QED) is 0.826. The van der Waals surface area contributed by atoms with E-state index < -0.39 is 6.04 Å². The van der Waals surface area contributed by atoms with Gasteiger partial charge in [0.25, 0.3) is 0 Å². The van der Waals surface area contributed by atoms with Gasteiger partial charge in [-0.05, 0) is 31.0 Å². The molecule has 90 valence electrons.